The van der Waals surface area contributed by atoms with Crippen molar-refractivity contribution >= 4 is 27.4 Å². The molecule has 0 aromatic heterocycles. The Kier molecular flexibility index (Phi) is 5.35. The van der Waals surface area contributed by atoms with E-state index >= 15 is 0 Å². The number of hydrogen-bond donors (Lipinski definition) is 2. The highest BCUT2D eigenvalue weighted by atomic mass is 32.2. The van der Waals surface area contributed by atoms with E-state index in [2.05, 4.69) is 10.0 Å². The van der Waals surface area contributed by atoms with Crippen LogP contribution in [0, 0.1) is 0 Å². The predicted molar refractivity (Wildman–Crippen MR) is 91.2 cm³/mol. The number of benzene rings is 2. The number of rotatable bonds is 6. The van der Waals surface area contributed by atoms with Crippen LogP contribution in [0.3, 0.4) is 0 Å². The average Bonchev–Trinajstić information content (AvgIpc) is 2.53. The number of carbonyl (C=O) groups is 2. The Hall–Kier alpha value is -2.67. The molecule has 2 N–H and O–H groups in total. The van der Waals surface area contributed by atoms with Gasteiger partial charge < -0.3 is 5.32 Å². The normalized spacial score (nSPS) is 10.9. The molecule has 0 heterocycles. The molecule has 0 aliphatic carbocycles. The number of amides is 1. The molecule has 0 aliphatic heterocycles. The lowest BCUT2D eigenvalue weighted by Crippen LogP contribution is -2.19. The number of Topliss-reactive ketones (excluding diaryl/α,β-unsaturated/α-hetero) is 1. The molecular formula is C17H18N2O4S. The van der Waals surface area contributed by atoms with Gasteiger partial charge in [-0.2, -0.15) is 0 Å². The van der Waals surface area contributed by atoms with Gasteiger partial charge in [0.15, 0.2) is 5.78 Å². The Morgan fingerprint density at radius 1 is 1.00 bits per heavy atom. The van der Waals surface area contributed by atoms with Crippen molar-refractivity contribution in [2.45, 2.75) is 25.3 Å². The van der Waals surface area contributed by atoms with Gasteiger partial charge in [0.25, 0.3) is 10.0 Å². The van der Waals surface area contributed by atoms with Gasteiger partial charge in [-0.1, -0.05) is 24.3 Å². The van der Waals surface area contributed by atoms with Gasteiger partial charge >= 0.3 is 0 Å². The van der Waals surface area contributed by atoms with Crippen molar-refractivity contribution in [3.05, 3.63) is 59.7 Å². The maximum absolute atomic E-state index is 12.4. The van der Waals surface area contributed by atoms with E-state index < -0.39 is 10.0 Å². The van der Waals surface area contributed by atoms with Crippen molar-refractivity contribution in [2.24, 2.45) is 0 Å². The molecule has 2 aromatic rings. The lowest BCUT2D eigenvalue weighted by molar-refractivity contribution is -0.119. The quantitative estimate of drug-likeness (QED) is 0.785. The third-order valence-corrected chi connectivity index (χ3v) is 4.69. The fourth-order valence-corrected chi connectivity index (χ4v) is 3.08. The van der Waals surface area contributed by atoms with Gasteiger partial charge in [0.05, 0.1) is 4.90 Å². The molecule has 2 aromatic carbocycles. The summed E-state index contributed by atoms with van der Waals surface area (Å²) in [5.41, 5.74) is 1.55. The third kappa shape index (κ3) is 4.66. The molecule has 0 aliphatic rings. The van der Waals surface area contributed by atoms with Crippen molar-refractivity contribution in [1.29, 1.82) is 0 Å². The maximum atomic E-state index is 12.4. The van der Waals surface area contributed by atoms with E-state index in [4.69, 9.17) is 0 Å². The van der Waals surface area contributed by atoms with Gasteiger partial charge in [0.1, 0.15) is 0 Å². The van der Waals surface area contributed by atoms with E-state index in [-0.39, 0.29) is 16.6 Å². The van der Waals surface area contributed by atoms with Crippen LogP contribution in [0.15, 0.2) is 53.4 Å². The first-order valence-electron chi connectivity index (χ1n) is 7.25. The number of carbonyl (C=O) groups excluding carboxylic acids is 2. The first-order valence-corrected chi connectivity index (χ1v) is 8.73. The number of ketones is 1. The van der Waals surface area contributed by atoms with Crippen LogP contribution in [0.1, 0.15) is 29.8 Å². The first-order chi connectivity index (χ1) is 11.3. The summed E-state index contributed by atoms with van der Waals surface area (Å²) in [5, 5.41) is 2.64. The summed E-state index contributed by atoms with van der Waals surface area (Å²) in [6.45, 7) is 3.17. The molecule has 7 heteroatoms. The van der Waals surface area contributed by atoms with Crippen molar-refractivity contribution in [3.63, 3.8) is 0 Å². The first kappa shape index (κ1) is 17.7. The Bertz CT molecular complexity index is 858. The number of sulfonamides is 1. The summed E-state index contributed by atoms with van der Waals surface area (Å²) >= 11 is 0. The van der Waals surface area contributed by atoms with E-state index in [0.29, 0.717) is 17.8 Å². The zero-order valence-electron chi connectivity index (χ0n) is 13.4. The molecular weight excluding hydrogens is 328 g/mol. The molecule has 6 nitrogen and oxygen atoms in total. The molecule has 126 valence electrons. The Morgan fingerprint density at radius 3 is 2.25 bits per heavy atom. The lowest BCUT2D eigenvalue weighted by atomic mass is 10.1. The van der Waals surface area contributed by atoms with Crippen molar-refractivity contribution in [2.75, 3.05) is 4.72 Å². The molecule has 0 saturated carbocycles. The average molecular weight is 346 g/mol. The molecule has 0 radical (unpaired) electrons. The van der Waals surface area contributed by atoms with Gasteiger partial charge in [0.2, 0.25) is 5.91 Å². The van der Waals surface area contributed by atoms with Gasteiger partial charge in [-0.05, 0) is 36.8 Å². The second-order valence-corrected chi connectivity index (χ2v) is 6.98. The van der Waals surface area contributed by atoms with Crippen LogP contribution in [-0.4, -0.2) is 20.1 Å². The van der Waals surface area contributed by atoms with Gasteiger partial charge in [-0.25, -0.2) is 8.42 Å². The van der Waals surface area contributed by atoms with E-state index in [1.807, 2.05) is 0 Å². The summed E-state index contributed by atoms with van der Waals surface area (Å²) < 4.78 is 27.2. The molecule has 0 unspecified atom stereocenters. The molecule has 0 fully saturated rings. The number of hydrogen-bond acceptors (Lipinski definition) is 4. The van der Waals surface area contributed by atoms with E-state index in [1.165, 1.54) is 32.0 Å². The predicted octanol–water partition coefficient (Wildman–Crippen LogP) is 2.33. The van der Waals surface area contributed by atoms with Crippen LogP contribution in [0.2, 0.25) is 0 Å². The molecule has 0 saturated heterocycles. The van der Waals surface area contributed by atoms with Gasteiger partial charge in [-0.15, -0.1) is 0 Å². The van der Waals surface area contributed by atoms with Crippen molar-refractivity contribution in [3.8, 4) is 0 Å². The summed E-state index contributed by atoms with van der Waals surface area (Å²) in [6, 6.07) is 12.5. The number of nitrogens with one attached hydrogen (secondary N) is 2. The van der Waals surface area contributed by atoms with E-state index in [1.54, 1.807) is 30.3 Å². The SMILES string of the molecule is CC(=O)NCc1ccc(S(=O)(=O)Nc2cccc(C(C)=O)c2)cc1. The van der Waals surface area contributed by atoms with Crippen LogP contribution < -0.4 is 10.0 Å². The monoisotopic (exact) mass is 346 g/mol. The fraction of sp³-hybridized carbons (Fsp3) is 0.176. The Balaban J connectivity index is 2.16. The molecule has 1 amide bonds. The van der Waals surface area contributed by atoms with E-state index in [0.717, 1.165) is 5.56 Å². The zero-order chi connectivity index (χ0) is 17.7. The standard InChI is InChI=1S/C17H18N2O4S/c1-12(20)15-4-3-5-16(10-15)19-24(22,23)17-8-6-14(7-9-17)11-18-13(2)21/h3-10,19H,11H2,1-2H3,(H,18,21). The minimum atomic E-state index is -3.75. The van der Waals surface area contributed by atoms with Crippen molar-refractivity contribution < 1.29 is 18.0 Å². The van der Waals surface area contributed by atoms with Crippen LogP contribution >= 0.6 is 0 Å². The number of anilines is 1. The Morgan fingerprint density at radius 2 is 1.67 bits per heavy atom. The van der Waals surface area contributed by atoms with Gasteiger partial charge in [-0.3, -0.25) is 14.3 Å². The van der Waals surface area contributed by atoms with Crippen LogP contribution in [0.5, 0.6) is 0 Å². The fourth-order valence-electron chi connectivity index (χ4n) is 2.03. The topological polar surface area (TPSA) is 92.3 Å². The summed E-state index contributed by atoms with van der Waals surface area (Å²) in [5.74, 6) is -0.294. The Labute approximate surface area is 140 Å². The van der Waals surface area contributed by atoms with Crippen LogP contribution in [-0.2, 0) is 21.4 Å². The molecule has 24 heavy (non-hydrogen) atoms. The van der Waals surface area contributed by atoms with E-state index in [9.17, 15) is 18.0 Å². The third-order valence-electron chi connectivity index (χ3n) is 3.30. The summed E-state index contributed by atoms with van der Waals surface area (Å²) in [6.07, 6.45) is 0. The summed E-state index contributed by atoms with van der Waals surface area (Å²) in [4.78, 5) is 22.4. The molecule has 0 spiro atoms. The smallest absolute Gasteiger partial charge is 0.261 e. The lowest BCUT2D eigenvalue weighted by Gasteiger charge is -2.10. The maximum Gasteiger partial charge on any atom is 0.261 e. The minimum absolute atomic E-state index is 0.0994. The highest BCUT2D eigenvalue weighted by Crippen LogP contribution is 2.18. The summed E-state index contributed by atoms with van der Waals surface area (Å²) in [7, 11) is -3.75. The molecule has 0 bridgehead atoms. The van der Waals surface area contributed by atoms with Gasteiger partial charge in [0, 0.05) is 24.7 Å². The molecule has 0 atom stereocenters. The molecule has 2 rings (SSSR count). The van der Waals surface area contributed by atoms with Crippen LogP contribution in [0.4, 0.5) is 5.69 Å². The van der Waals surface area contributed by atoms with Crippen molar-refractivity contribution in [1.82, 2.24) is 5.32 Å². The highest BCUT2D eigenvalue weighted by molar-refractivity contribution is 7.92. The van der Waals surface area contributed by atoms with Crippen LogP contribution in [0.25, 0.3) is 0 Å². The largest absolute Gasteiger partial charge is 0.352 e. The second kappa shape index (κ2) is 7.27. The minimum Gasteiger partial charge on any atom is -0.352 e. The second-order valence-electron chi connectivity index (χ2n) is 5.30. The highest BCUT2D eigenvalue weighted by Gasteiger charge is 2.14. The zero-order valence-corrected chi connectivity index (χ0v) is 14.2.